The number of hydrogen-bond donors (Lipinski definition) is 0. The maximum absolute atomic E-state index is 12.8. The van der Waals surface area contributed by atoms with Gasteiger partial charge in [0.05, 0.1) is 5.02 Å². The van der Waals surface area contributed by atoms with Crippen LogP contribution >= 0.6 is 34.8 Å². The van der Waals surface area contributed by atoms with Crippen LogP contribution in [0.5, 0.6) is 0 Å². The van der Waals surface area contributed by atoms with E-state index in [9.17, 15) is 4.39 Å². The van der Waals surface area contributed by atoms with E-state index in [-0.39, 0.29) is 5.02 Å². The highest BCUT2D eigenvalue weighted by molar-refractivity contribution is 6.38. The summed E-state index contributed by atoms with van der Waals surface area (Å²) in [6, 6.07) is 10.3. The zero-order valence-electron chi connectivity index (χ0n) is 7.90. The van der Waals surface area contributed by atoms with Crippen LogP contribution in [0, 0.1) is 11.9 Å². The molecule has 0 aromatic heterocycles. The molecule has 16 heavy (non-hydrogen) atoms. The normalized spacial score (nSPS) is 10.5. The zero-order chi connectivity index (χ0) is 11.7. The molecule has 0 bridgehead atoms. The summed E-state index contributed by atoms with van der Waals surface area (Å²) in [5, 5.41) is 1.20. The van der Waals surface area contributed by atoms with Crippen LogP contribution in [0.2, 0.25) is 15.1 Å². The highest BCUT2D eigenvalue weighted by atomic mass is 35.5. The lowest BCUT2D eigenvalue weighted by Crippen LogP contribution is -1.83. The quantitative estimate of drug-likeness (QED) is 0.666. The van der Waals surface area contributed by atoms with Crippen LogP contribution in [0.4, 0.5) is 4.39 Å². The van der Waals surface area contributed by atoms with Gasteiger partial charge in [-0.25, -0.2) is 4.39 Å². The Morgan fingerprint density at radius 1 is 0.938 bits per heavy atom. The van der Waals surface area contributed by atoms with Gasteiger partial charge in [0.2, 0.25) is 0 Å². The number of halogens is 4. The van der Waals surface area contributed by atoms with Crippen LogP contribution in [0.25, 0.3) is 11.1 Å². The van der Waals surface area contributed by atoms with Crippen molar-refractivity contribution in [3.63, 3.8) is 0 Å². The van der Waals surface area contributed by atoms with E-state index in [0.717, 1.165) is 0 Å². The molecule has 0 nitrogen and oxygen atoms in total. The van der Waals surface area contributed by atoms with Crippen molar-refractivity contribution in [1.82, 2.24) is 0 Å². The largest absolute Gasteiger partial charge is 0.206 e. The van der Waals surface area contributed by atoms with E-state index >= 15 is 0 Å². The molecule has 0 aliphatic carbocycles. The summed E-state index contributed by atoms with van der Waals surface area (Å²) in [6.07, 6.45) is 0. The van der Waals surface area contributed by atoms with Crippen LogP contribution in [0.1, 0.15) is 0 Å². The van der Waals surface area contributed by atoms with Crippen LogP contribution in [-0.2, 0) is 0 Å². The van der Waals surface area contributed by atoms with Crippen LogP contribution in [0.15, 0.2) is 30.3 Å². The van der Waals surface area contributed by atoms with E-state index < -0.39 is 5.82 Å². The Morgan fingerprint density at radius 3 is 2.25 bits per heavy atom. The Balaban J connectivity index is 2.59. The van der Waals surface area contributed by atoms with E-state index in [1.54, 1.807) is 24.3 Å². The van der Waals surface area contributed by atoms with Gasteiger partial charge in [0.15, 0.2) is 0 Å². The fourth-order valence-electron chi connectivity index (χ4n) is 1.36. The Morgan fingerprint density at radius 2 is 1.62 bits per heavy atom. The third-order valence-electron chi connectivity index (χ3n) is 2.08. The maximum atomic E-state index is 12.8. The monoisotopic (exact) mass is 273 g/mol. The molecule has 0 heterocycles. The van der Waals surface area contributed by atoms with Crippen LogP contribution in [0.3, 0.4) is 0 Å². The molecule has 0 spiro atoms. The van der Waals surface area contributed by atoms with E-state index in [2.05, 4.69) is 6.07 Å². The molecule has 0 N–H and O–H groups in total. The molecule has 2 aromatic rings. The van der Waals surface area contributed by atoms with Crippen molar-refractivity contribution >= 4 is 34.8 Å². The molecule has 2 rings (SSSR count). The van der Waals surface area contributed by atoms with Gasteiger partial charge in [-0.2, -0.15) is 0 Å². The topological polar surface area (TPSA) is 0 Å². The molecular formula is C12H5Cl3F. The number of benzene rings is 2. The molecule has 0 fully saturated rings. The van der Waals surface area contributed by atoms with E-state index in [1.165, 1.54) is 6.07 Å². The van der Waals surface area contributed by atoms with Crippen molar-refractivity contribution in [1.29, 1.82) is 0 Å². The summed E-state index contributed by atoms with van der Waals surface area (Å²) in [5.74, 6) is -0.501. The minimum absolute atomic E-state index is 0.198. The first kappa shape index (κ1) is 11.7. The predicted octanol–water partition coefficient (Wildman–Crippen LogP) is 5.25. The van der Waals surface area contributed by atoms with Crippen molar-refractivity contribution in [3.05, 3.63) is 57.3 Å². The summed E-state index contributed by atoms with van der Waals surface area (Å²) in [7, 11) is 0. The molecule has 0 atom stereocenters. The Kier molecular flexibility index (Phi) is 3.38. The SMILES string of the molecule is Fc1[c]c(Cl)c(-c2ccc(Cl)cc2Cl)cc1. The van der Waals surface area contributed by atoms with E-state index in [4.69, 9.17) is 34.8 Å². The summed E-state index contributed by atoms with van der Waals surface area (Å²) in [4.78, 5) is 0. The zero-order valence-corrected chi connectivity index (χ0v) is 10.2. The van der Waals surface area contributed by atoms with Gasteiger partial charge in [-0.3, -0.25) is 0 Å². The maximum Gasteiger partial charge on any atom is 0.132 e. The Hall–Kier alpha value is -0.760. The van der Waals surface area contributed by atoms with Crippen molar-refractivity contribution in [2.24, 2.45) is 0 Å². The molecule has 0 aliphatic heterocycles. The number of rotatable bonds is 1. The average molecular weight is 275 g/mol. The third kappa shape index (κ3) is 2.32. The molecule has 0 saturated carbocycles. The predicted molar refractivity (Wildman–Crippen MR) is 65.7 cm³/mol. The summed E-state index contributed by atoms with van der Waals surface area (Å²) in [6.45, 7) is 0. The second-order valence-electron chi connectivity index (χ2n) is 3.16. The van der Waals surface area contributed by atoms with Gasteiger partial charge in [-0.05, 0) is 24.3 Å². The lowest BCUT2D eigenvalue weighted by atomic mass is 10.1. The van der Waals surface area contributed by atoms with Gasteiger partial charge < -0.3 is 0 Å². The fourth-order valence-corrected chi connectivity index (χ4v) is 2.12. The highest BCUT2D eigenvalue weighted by Crippen LogP contribution is 2.34. The average Bonchev–Trinajstić information content (AvgIpc) is 2.19. The third-order valence-corrected chi connectivity index (χ3v) is 2.93. The highest BCUT2D eigenvalue weighted by Gasteiger charge is 2.09. The molecule has 0 saturated heterocycles. The minimum atomic E-state index is -0.501. The van der Waals surface area contributed by atoms with Crippen LogP contribution in [-0.4, -0.2) is 0 Å². The van der Waals surface area contributed by atoms with Crippen molar-refractivity contribution < 1.29 is 4.39 Å². The van der Waals surface area contributed by atoms with Gasteiger partial charge in [0.25, 0.3) is 0 Å². The molecule has 81 valence electrons. The summed E-state index contributed by atoms with van der Waals surface area (Å²) < 4.78 is 12.8. The fraction of sp³-hybridized carbons (Fsp3) is 0. The molecule has 0 aliphatic rings. The van der Waals surface area contributed by atoms with Gasteiger partial charge in [0.1, 0.15) is 5.82 Å². The second-order valence-corrected chi connectivity index (χ2v) is 4.38. The molecule has 4 heteroatoms. The van der Waals surface area contributed by atoms with E-state index in [1.807, 2.05) is 0 Å². The van der Waals surface area contributed by atoms with Gasteiger partial charge in [0, 0.05) is 27.2 Å². The first-order valence-electron chi connectivity index (χ1n) is 4.40. The Labute approximate surface area is 108 Å². The van der Waals surface area contributed by atoms with Gasteiger partial charge in [-0.1, -0.05) is 40.9 Å². The van der Waals surface area contributed by atoms with Crippen molar-refractivity contribution in [2.45, 2.75) is 0 Å². The lowest BCUT2D eigenvalue weighted by Gasteiger charge is -2.06. The van der Waals surface area contributed by atoms with Crippen molar-refractivity contribution in [2.75, 3.05) is 0 Å². The molecule has 1 radical (unpaired) electrons. The first-order valence-corrected chi connectivity index (χ1v) is 5.54. The first-order chi connectivity index (χ1) is 7.58. The molecule has 2 aromatic carbocycles. The van der Waals surface area contributed by atoms with Crippen LogP contribution < -0.4 is 0 Å². The smallest absolute Gasteiger partial charge is 0.132 e. The Bertz CT molecular complexity index is 488. The molecule has 0 amide bonds. The minimum Gasteiger partial charge on any atom is -0.206 e. The summed E-state index contributed by atoms with van der Waals surface area (Å²) in [5.41, 5.74) is 1.33. The van der Waals surface area contributed by atoms with Gasteiger partial charge >= 0.3 is 0 Å². The van der Waals surface area contributed by atoms with Gasteiger partial charge in [-0.15, -0.1) is 0 Å². The molecule has 0 unspecified atom stereocenters. The van der Waals surface area contributed by atoms with Crippen molar-refractivity contribution in [3.8, 4) is 11.1 Å². The summed E-state index contributed by atoms with van der Waals surface area (Å²) >= 11 is 17.7. The standard InChI is InChI=1S/C12H5Cl3F/c13-7-1-3-9(11(14)5-7)10-4-2-8(16)6-12(10)15/h1-5H. The number of hydrogen-bond acceptors (Lipinski definition) is 0. The molecular weight excluding hydrogens is 269 g/mol. The van der Waals surface area contributed by atoms with E-state index in [0.29, 0.717) is 21.2 Å². The lowest BCUT2D eigenvalue weighted by molar-refractivity contribution is 0.626. The second kappa shape index (κ2) is 4.62.